The van der Waals surface area contributed by atoms with Crippen molar-refractivity contribution in [3.63, 3.8) is 0 Å². The number of rotatable bonds is 4. The van der Waals surface area contributed by atoms with E-state index in [1.165, 1.54) is 23.0 Å². The molecular weight excluding hydrogens is 337 g/mol. The van der Waals surface area contributed by atoms with Crippen molar-refractivity contribution in [2.24, 2.45) is 0 Å². The maximum absolute atomic E-state index is 13.7. The van der Waals surface area contributed by atoms with E-state index in [4.69, 9.17) is 10.00 Å². The molecule has 1 saturated heterocycles. The summed E-state index contributed by atoms with van der Waals surface area (Å²) in [6.07, 6.45) is 3.20. The fourth-order valence-electron chi connectivity index (χ4n) is 3.03. The number of amides is 1. The molecule has 136 valence electrons. The molecule has 26 heavy (non-hydrogen) atoms. The maximum Gasteiger partial charge on any atom is 0.244 e. The van der Waals surface area contributed by atoms with Crippen molar-refractivity contribution in [2.45, 2.75) is 32.6 Å². The van der Waals surface area contributed by atoms with Crippen LogP contribution in [-0.4, -0.2) is 45.9 Å². The molecule has 0 aliphatic carbocycles. The molecule has 0 spiro atoms. The van der Waals surface area contributed by atoms with Crippen molar-refractivity contribution in [3.8, 4) is 6.07 Å². The summed E-state index contributed by atoms with van der Waals surface area (Å²) in [5, 5.41) is 16.2. The lowest BCUT2D eigenvalue weighted by Gasteiger charge is -2.35. The molecular formula is C18H20FN5O2. The number of hydrogen-bond donors (Lipinski definition) is 1. The number of nitrogens with one attached hydrogen (secondary N) is 1. The van der Waals surface area contributed by atoms with Gasteiger partial charge >= 0.3 is 0 Å². The molecule has 0 saturated carbocycles. The van der Waals surface area contributed by atoms with Gasteiger partial charge in [0.15, 0.2) is 0 Å². The van der Waals surface area contributed by atoms with Crippen LogP contribution in [0.2, 0.25) is 0 Å². The predicted octanol–water partition coefficient (Wildman–Crippen LogP) is 2.27. The smallest absolute Gasteiger partial charge is 0.244 e. The number of hydrogen-bond acceptors (Lipinski definition) is 5. The molecule has 1 aliphatic heterocycles. The summed E-state index contributed by atoms with van der Waals surface area (Å²) >= 11 is 0. The van der Waals surface area contributed by atoms with Crippen molar-refractivity contribution in [2.75, 3.05) is 18.4 Å². The Balaban J connectivity index is 1.66. The second-order valence-electron chi connectivity index (χ2n) is 6.38. The van der Waals surface area contributed by atoms with Crippen LogP contribution in [0.15, 0.2) is 30.6 Å². The standard InChI is InChI=1S/C18H20FN5O2/c1-12-8-23(9-13(2)26-12)18(25)11-24-10-14(7-21-24)22-17-5-3-4-16(19)15(17)6-20/h3-5,7,10,12-13,22H,8-9,11H2,1-2H3. The lowest BCUT2D eigenvalue weighted by molar-refractivity contribution is -0.144. The van der Waals surface area contributed by atoms with Crippen LogP contribution in [0.4, 0.5) is 15.8 Å². The van der Waals surface area contributed by atoms with Crippen molar-refractivity contribution in [1.82, 2.24) is 14.7 Å². The van der Waals surface area contributed by atoms with Crippen LogP contribution in [0, 0.1) is 17.1 Å². The van der Waals surface area contributed by atoms with Crippen LogP contribution in [0.1, 0.15) is 19.4 Å². The number of nitriles is 1. The van der Waals surface area contributed by atoms with Crippen LogP contribution in [0.5, 0.6) is 0 Å². The fraction of sp³-hybridized carbons (Fsp3) is 0.389. The third kappa shape index (κ3) is 4.00. The molecule has 0 bridgehead atoms. The van der Waals surface area contributed by atoms with Crippen LogP contribution in [0.3, 0.4) is 0 Å². The Hall–Kier alpha value is -2.92. The zero-order valence-corrected chi connectivity index (χ0v) is 14.6. The van der Waals surface area contributed by atoms with E-state index in [2.05, 4.69) is 10.4 Å². The first kappa shape index (κ1) is 17.9. The van der Waals surface area contributed by atoms with Crippen LogP contribution >= 0.6 is 0 Å². The first-order valence-electron chi connectivity index (χ1n) is 8.37. The van der Waals surface area contributed by atoms with Gasteiger partial charge < -0.3 is 15.0 Å². The number of nitrogens with zero attached hydrogens (tertiary/aromatic N) is 4. The largest absolute Gasteiger partial charge is 0.372 e. The highest BCUT2D eigenvalue weighted by atomic mass is 19.1. The lowest BCUT2D eigenvalue weighted by Crippen LogP contribution is -2.49. The molecule has 2 unspecified atom stereocenters. The summed E-state index contributed by atoms with van der Waals surface area (Å²) in [6.45, 7) is 5.11. The van der Waals surface area contributed by atoms with Crippen LogP contribution < -0.4 is 5.32 Å². The van der Waals surface area contributed by atoms with Crippen molar-refractivity contribution < 1.29 is 13.9 Å². The first-order chi connectivity index (χ1) is 12.5. The molecule has 8 heteroatoms. The molecule has 1 amide bonds. The quantitative estimate of drug-likeness (QED) is 0.908. The molecule has 1 aromatic heterocycles. The highest BCUT2D eigenvalue weighted by Crippen LogP contribution is 2.22. The summed E-state index contributed by atoms with van der Waals surface area (Å²) in [5.41, 5.74) is 0.866. The summed E-state index contributed by atoms with van der Waals surface area (Å²) < 4.78 is 20.8. The minimum absolute atomic E-state index is 0.00919. The Morgan fingerprint density at radius 1 is 1.42 bits per heavy atom. The number of carbonyl (C=O) groups is 1. The van der Waals surface area contributed by atoms with Gasteiger partial charge in [0.2, 0.25) is 5.91 Å². The minimum atomic E-state index is -0.587. The Bertz CT molecular complexity index is 834. The average Bonchev–Trinajstić information content (AvgIpc) is 3.01. The van der Waals surface area contributed by atoms with E-state index in [9.17, 15) is 9.18 Å². The Labute approximate surface area is 151 Å². The monoisotopic (exact) mass is 357 g/mol. The zero-order chi connectivity index (χ0) is 18.7. The van der Waals surface area contributed by atoms with Gasteiger partial charge in [-0.25, -0.2) is 4.39 Å². The number of morpholine rings is 1. The molecule has 1 aliphatic rings. The lowest BCUT2D eigenvalue weighted by atomic mass is 10.2. The van der Waals surface area contributed by atoms with Gasteiger partial charge in [-0.2, -0.15) is 10.4 Å². The van der Waals surface area contributed by atoms with E-state index in [1.807, 2.05) is 19.9 Å². The highest BCUT2D eigenvalue weighted by Gasteiger charge is 2.26. The Kier molecular flexibility index (Phi) is 5.19. The van der Waals surface area contributed by atoms with Crippen molar-refractivity contribution >= 4 is 17.3 Å². The average molecular weight is 357 g/mol. The first-order valence-corrected chi connectivity index (χ1v) is 8.37. The molecule has 0 radical (unpaired) electrons. The zero-order valence-electron chi connectivity index (χ0n) is 14.6. The van der Waals surface area contributed by atoms with Gasteiger partial charge in [0.1, 0.15) is 24.0 Å². The number of aromatic nitrogens is 2. The van der Waals surface area contributed by atoms with Gasteiger partial charge in [0.25, 0.3) is 0 Å². The normalized spacial score (nSPS) is 19.8. The number of anilines is 2. The highest BCUT2D eigenvalue weighted by molar-refractivity contribution is 5.76. The summed E-state index contributed by atoms with van der Waals surface area (Å²) in [4.78, 5) is 14.2. The number of ether oxygens (including phenoxy) is 1. The van der Waals surface area contributed by atoms with Gasteiger partial charge in [-0.1, -0.05) is 6.07 Å². The molecule has 2 atom stereocenters. The van der Waals surface area contributed by atoms with E-state index >= 15 is 0 Å². The molecule has 1 aromatic carbocycles. The summed E-state index contributed by atoms with van der Waals surface area (Å²) in [6, 6.07) is 6.20. The van der Waals surface area contributed by atoms with E-state index < -0.39 is 5.82 Å². The van der Waals surface area contributed by atoms with E-state index in [-0.39, 0.29) is 30.2 Å². The Morgan fingerprint density at radius 3 is 2.85 bits per heavy atom. The molecule has 7 nitrogen and oxygen atoms in total. The number of carbonyl (C=O) groups excluding carboxylic acids is 1. The number of halogens is 1. The topological polar surface area (TPSA) is 83.2 Å². The van der Waals surface area contributed by atoms with E-state index in [0.29, 0.717) is 24.5 Å². The molecule has 1 fully saturated rings. The fourth-order valence-corrected chi connectivity index (χ4v) is 3.03. The summed E-state index contributed by atoms with van der Waals surface area (Å²) in [7, 11) is 0. The van der Waals surface area contributed by atoms with E-state index in [1.54, 1.807) is 17.2 Å². The van der Waals surface area contributed by atoms with E-state index in [0.717, 1.165) is 0 Å². The number of benzene rings is 1. The maximum atomic E-state index is 13.7. The van der Waals surface area contributed by atoms with Gasteiger partial charge in [0.05, 0.1) is 29.8 Å². The van der Waals surface area contributed by atoms with Gasteiger partial charge in [-0.15, -0.1) is 0 Å². The molecule has 1 N–H and O–H groups in total. The predicted molar refractivity (Wildman–Crippen MR) is 93.2 cm³/mol. The van der Waals surface area contributed by atoms with Gasteiger partial charge in [0, 0.05) is 19.3 Å². The SMILES string of the molecule is CC1CN(C(=O)Cn2cc(Nc3cccc(F)c3C#N)cn2)CC(C)O1. The van der Waals surface area contributed by atoms with Gasteiger partial charge in [-0.05, 0) is 26.0 Å². The minimum Gasteiger partial charge on any atom is -0.372 e. The van der Waals surface area contributed by atoms with Crippen molar-refractivity contribution in [3.05, 3.63) is 42.0 Å². The van der Waals surface area contributed by atoms with Gasteiger partial charge in [-0.3, -0.25) is 9.48 Å². The summed E-state index contributed by atoms with van der Waals surface area (Å²) in [5.74, 6) is -0.624. The second kappa shape index (κ2) is 7.54. The molecule has 2 heterocycles. The molecule has 3 rings (SSSR count). The van der Waals surface area contributed by atoms with Crippen molar-refractivity contribution in [1.29, 1.82) is 5.26 Å². The third-order valence-electron chi connectivity index (χ3n) is 4.11. The third-order valence-corrected chi connectivity index (χ3v) is 4.11. The van der Waals surface area contributed by atoms with Crippen LogP contribution in [-0.2, 0) is 16.1 Å². The second-order valence-corrected chi connectivity index (χ2v) is 6.38. The molecule has 2 aromatic rings. The van der Waals surface area contributed by atoms with Crippen LogP contribution in [0.25, 0.3) is 0 Å². The Morgan fingerprint density at radius 2 is 2.15 bits per heavy atom.